The highest BCUT2D eigenvalue weighted by Gasteiger charge is 2.24. The monoisotopic (exact) mass is 382 g/mol. The van der Waals surface area contributed by atoms with Gasteiger partial charge in [-0.1, -0.05) is 19.1 Å². The van der Waals surface area contributed by atoms with E-state index in [1.807, 2.05) is 43.3 Å². The Bertz CT molecular complexity index is 758. The quantitative estimate of drug-likeness (QED) is 0.738. The Hall–Kier alpha value is -2.69. The van der Waals surface area contributed by atoms with Gasteiger partial charge in [0, 0.05) is 25.6 Å². The van der Waals surface area contributed by atoms with E-state index in [1.165, 1.54) is 12.6 Å². The van der Waals surface area contributed by atoms with Crippen LogP contribution in [0.5, 0.6) is 11.5 Å². The molecule has 0 radical (unpaired) electrons. The summed E-state index contributed by atoms with van der Waals surface area (Å²) in [4.78, 5) is 13.5. The molecule has 5 heteroatoms. The van der Waals surface area contributed by atoms with Crippen LogP contribution >= 0.6 is 0 Å². The first-order chi connectivity index (χ1) is 13.5. The molecule has 5 nitrogen and oxygen atoms in total. The predicted octanol–water partition coefficient (Wildman–Crippen LogP) is 4.33. The molecule has 0 spiro atoms. The molecule has 1 heterocycles. The van der Waals surface area contributed by atoms with E-state index in [0.717, 1.165) is 49.6 Å². The van der Waals surface area contributed by atoms with E-state index in [0.29, 0.717) is 0 Å². The Labute approximate surface area is 167 Å². The van der Waals surface area contributed by atoms with Crippen molar-refractivity contribution in [1.29, 1.82) is 0 Å². The van der Waals surface area contributed by atoms with Gasteiger partial charge in [-0.2, -0.15) is 0 Å². The number of anilines is 1. The molecule has 3 rings (SSSR count). The lowest BCUT2D eigenvalue weighted by Crippen LogP contribution is -2.24. The average Bonchev–Trinajstić information content (AvgIpc) is 3.15. The number of carbonyl (C=O) groups is 1. The molecule has 28 heavy (non-hydrogen) atoms. The van der Waals surface area contributed by atoms with Crippen molar-refractivity contribution in [2.75, 3.05) is 24.6 Å². The maximum atomic E-state index is 11.2. The van der Waals surface area contributed by atoms with Gasteiger partial charge in [0.05, 0.1) is 19.2 Å². The standard InChI is InChI=1S/C23H30N2O3/c1-4-15-27-21-11-7-20(8-12-21)25-14-13-23(16-25)28-22-9-5-19(6-10-22)17(2)24-18(3)26/h5-12,17,23H,4,13-16H2,1-3H3,(H,24,26). The Morgan fingerprint density at radius 3 is 2.46 bits per heavy atom. The van der Waals surface area contributed by atoms with Gasteiger partial charge >= 0.3 is 0 Å². The third-order valence-corrected chi connectivity index (χ3v) is 4.92. The number of rotatable bonds is 8. The molecule has 2 aromatic rings. The van der Waals surface area contributed by atoms with E-state index in [9.17, 15) is 4.79 Å². The van der Waals surface area contributed by atoms with E-state index in [1.54, 1.807) is 0 Å². The summed E-state index contributed by atoms with van der Waals surface area (Å²) in [6.07, 6.45) is 2.19. The van der Waals surface area contributed by atoms with Gasteiger partial charge in [-0.3, -0.25) is 4.79 Å². The first-order valence-electron chi connectivity index (χ1n) is 10.1. The van der Waals surface area contributed by atoms with Gasteiger partial charge in [-0.15, -0.1) is 0 Å². The van der Waals surface area contributed by atoms with E-state index >= 15 is 0 Å². The number of hydrogen-bond acceptors (Lipinski definition) is 4. The van der Waals surface area contributed by atoms with Crippen LogP contribution in [-0.2, 0) is 4.79 Å². The molecule has 1 N–H and O–H groups in total. The fourth-order valence-corrected chi connectivity index (χ4v) is 3.45. The molecule has 150 valence electrons. The Balaban J connectivity index is 1.52. The number of hydrogen-bond donors (Lipinski definition) is 1. The first-order valence-corrected chi connectivity index (χ1v) is 10.1. The van der Waals surface area contributed by atoms with E-state index in [2.05, 4.69) is 29.3 Å². The predicted molar refractivity (Wildman–Crippen MR) is 112 cm³/mol. The summed E-state index contributed by atoms with van der Waals surface area (Å²) in [5, 5.41) is 2.90. The molecule has 0 aliphatic carbocycles. The minimum atomic E-state index is -0.0242. The van der Waals surface area contributed by atoms with E-state index < -0.39 is 0 Å². The number of carbonyl (C=O) groups excluding carboxylic acids is 1. The van der Waals surface area contributed by atoms with Crippen molar-refractivity contribution in [2.24, 2.45) is 0 Å². The van der Waals surface area contributed by atoms with Crippen LogP contribution < -0.4 is 19.7 Å². The molecule has 1 aliphatic heterocycles. The summed E-state index contributed by atoms with van der Waals surface area (Å²) >= 11 is 0. The summed E-state index contributed by atoms with van der Waals surface area (Å²) in [6.45, 7) is 8.23. The van der Waals surface area contributed by atoms with Gasteiger partial charge in [0.1, 0.15) is 17.6 Å². The molecule has 2 atom stereocenters. The third-order valence-electron chi connectivity index (χ3n) is 4.92. The number of ether oxygens (including phenoxy) is 2. The topological polar surface area (TPSA) is 50.8 Å². The van der Waals surface area contributed by atoms with Gasteiger partial charge in [-0.05, 0) is 55.3 Å². The molecule has 1 amide bonds. The van der Waals surface area contributed by atoms with Crippen molar-refractivity contribution >= 4 is 11.6 Å². The maximum Gasteiger partial charge on any atom is 0.217 e. The second kappa shape index (κ2) is 9.49. The highest BCUT2D eigenvalue weighted by molar-refractivity contribution is 5.73. The molecular formula is C23H30N2O3. The van der Waals surface area contributed by atoms with E-state index in [4.69, 9.17) is 9.47 Å². The van der Waals surface area contributed by atoms with Crippen LogP contribution in [0, 0.1) is 0 Å². The molecule has 1 saturated heterocycles. The minimum absolute atomic E-state index is 0.00204. The van der Waals surface area contributed by atoms with Crippen molar-refractivity contribution in [1.82, 2.24) is 5.32 Å². The molecule has 0 aromatic heterocycles. The Kier molecular flexibility index (Phi) is 6.80. The summed E-state index contributed by atoms with van der Waals surface area (Å²) in [5.41, 5.74) is 2.27. The van der Waals surface area contributed by atoms with Crippen LogP contribution in [0.15, 0.2) is 48.5 Å². The smallest absolute Gasteiger partial charge is 0.217 e. The number of nitrogens with zero attached hydrogens (tertiary/aromatic N) is 1. The van der Waals surface area contributed by atoms with E-state index in [-0.39, 0.29) is 18.1 Å². The largest absolute Gasteiger partial charge is 0.494 e. The van der Waals surface area contributed by atoms with Gasteiger partial charge in [0.25, 0.3) is 0 Å². The fraction of sp³-hybridized carbons (Fsp3) is 0.435. The highest BCUT2D eigenvalue weighted by atomic mass is 16.5. The van der Waals surface area contributed by atoms with Gasteiger partial charge < -0.3 is 19.7 Å². The molecule has 0 saturated carbocycles. The Morgan fingerprint density at radius 1 is 1.14 bits per heavy atom. The lowest BCUT2D eigenvalue weighted by atomic mass is 10.1. The zero-order chi connectivity index (χ0) is 19.9. The van der Waals surface area contributed by atoms with Gasteiger partial charge in [-0.25, -0.2) is 0 Å². The summed E-state index contributed by atoms with van der Waals surface area (Å²) in [5.74, 6) is 1.77. The summed E-state index contributed by atoms with van der Waals surface area (Å²) < 4.78 is 11.8. The molecule has 2 unspecified atom stereocenters. The maximum absolute atomic E-state index is 11.2. The van der Waals surface area contributed by atoms with Crippen molar-refractivity contribution in [2.45, 2.75) is 45.8 Å². The number of benzene rings is 2. The van der Waals surface area contributed by atoms with Crippen LogP contribution in [0.25, 0.3) is 0 Å². The average molecular weight is 383 g/mol. The van der Waals surface area contributed by atoms with Crippen molar-refractivity contribution < 1.29 is 14.3 Å². The fourth-order valence-electron chi connectivity index (χ4n) is 3.45. The van der Waals surface area contributed by atoms with Crippen LogP contribution in [0.3, 0.4) is 0 Å². The first kappa shape index (κ1) is 20.1. The molecular weight excluding hydrogens is 352 g/mol. The molecule has 1 aliphatic rings. The lowest BCUT2D eigenvalue weighted by molar-refractivity contribution is -0.119. The summed E-state index contributed by atoms with van der Waals surface area (Å²) in [6, 6.07) is 16.3. The van der Waals surface area contributed by atoms with Crippen LogP contribution in [0.4, 0.5) is 5.69 Å². The third kappa shape index (κ3) is 5.41. The van der Waals surface area contributed by atoms with Gasteiger partial charge in [0.15, 0.2) is 0 Å². The van der Waals surface area contributed by atoms with Crippen molar-refractivity contribution in [3.05, 3.63) is 54.1 Å². The van der Waals surface area contributed by atoms with Crippen LogP contribution in [0.1, 0.15) is 45.2 Å². The van der Waals surface area contributed by atoms with Crippen molar-refractivity contribution in [3.63, 3.8) is 0 Å². The normalized spacial score (nSPS) is 17.2. The highest BCUT2D eigenvalue weighted by Crippen LogP contribution is 2.26. The minimum Gasteiger partial charge on any atom is -0.494 e. The second-order valence-electron chi connectivity index (χ2n) is 7.31. The summed E-state index contributed by atoms with van der Waals surface area (Å²) in [7, 11) is 0. The van der Waals surface area contributed by atoms with Crippen LogP contribution in [-0.4, -0.2) is 31.7 Å². The van der Waals surface area contributed by atoms with Gasteiger partial charge in [0.2, 0.25) is 5.91 Å². The Morgan fingerprint density at radius 2 is 1.82 bits per heavy atom. The SMILES string of the molecule is CCCOc1ccc(N2CCC(Oc3ccc(C(C)NC(C)=O)cc3)C2)cc1. The number of amides is 1. The molecule has 1 fully saturated rings. The van der Waals surface area contributed by atoms with Crippen LogP contribution in [0.2, 0.25) is 0 Å². The second-order valence-corrected chi connectivity index (χ2v) is 7.31. The zero-order valence-corrected chi connectivity index (χ0v) is 17.0. The molecule has 0 bridgehead atoms. The number of nitrogens with one attached hydrogen (secondary N) is 1. The molecule has 2 aromatic carbocycles. The van der Waals surface area contributed by atoms with Crippen molar-refractivity contribution in [3.8, 4) is 11.5 Å². The lowest BCUT2D eigenvalue weighted by Gasteiger charge is -2.20. The zero-order valence-electron chi connectivity index (χ0n) is 17.0.